The molecule has 1 aromatic heterocycles. The van der Waals surface area contributed by atoms with Crippen molar-refractivity contribution in [1.29, 1.82) is 0 Å². The number of carbonyl (C=O) groups is 1. The molecule has 0 spiro atoms. The van der Waals surface area contributed by atoms with Gasteiger partial charge in [-0.15, -0.1) is 0 Å². The number of benzene rings is 2. The summed E-state index contributed by atoms with van der Waals surface area (Å²) in [7, 11) is 0. The van der Waals surface area contributed by atoms with Crippen LogP contribution >= 0.6 is 23.8 Å². The fourth-order valence-electron chi connectivity index (χ4n) is 2.11. The van der Waals surface area contributed by atoms with Crippen LogP contribution in [0.25, 0.3) is 11.4 Å². The summed E-state index contributed by atoms with van der Waals surface area (Å²) in [6.07, 6.45) is 1.44. The standard InChI is InChI=1S/C16H11ClN4O2S/c17-12-7-5-10(6-8-12)14-19-20-16(24)21(14)18-9-11-3-1-2-4-13(11)15(22)23/h1-9H,(H,20,24)(H,22,23)/b18-9-. The summed E-state index contributed by atoms with van der Waals surface area (Å²) in [4.78, 5) is 11.3. The predicted molar refractivity (Wildman–Crippen MR) is 94.3 cm³/mol. The van der Waals surface area contributed by atoms with Crippen LogP contribution in [-0.4, -0.2) is 32.2 Å². The summed E-state index contributed by atoms with van der Waals surface area (Å²) in [5.74, 6) is -0.522. The van der Waals surface area contributed by atoms with Crippen molar-refractivity contribution in [3.8, 4) is 11.4 Å². The Hall–Kier alpha value is -2.77. The van der Waals surface area contributed by atoms with Crippen LogP contribution in [0.3, 0.4) is 0 Å². The molecule has 0 saturated carbocycles. The number of halogens is 1. The molecular formula is C16H11ClN4O2S. The van der Waals surface area contributed by atoms with E-state index in [1.54, 1.807) is 42.5 Å². The Morgan fingerprint density at radius 2 is 1.96 bits per heavy atom. The van der Waals surface area contributed by atoms with Crippen molar-refractivity contribution >= 4 is 36.0 Å². The topological polar surface area (TPSA) is 83.3 Å². The molecule has 0 aliphatic rings. The molecule has 0 amide bonds. The van der Waals surface area contributed by atoms with E-state index in [0.717, 1.165) is 5.56 Å². The van der Waals surface area contributed by atoms with E-state index in [-0.39, 0.29) is 5.56 Å². The first-order valence-electron chi connectivity index (χ1n) is 6.86. The van der Waals surface area contributed by atoms with Crippen molar-refractivity contribution in [2.75, 3.05) is 0 Å². The van der Waals surface area contributed by atoms with Gasteiger partial charge in [0, 0.05) is 16.1 Å². The lowest BCUT2D eigenvalue weighted by Gasteiger charge is -2.02. The molecule has 3 aromatic rings. The summed E-state index contributed by atoms with van der Waals surface area (Å²) in [5.41, 5.74) is 1.40. The number of H-pyrrole nitrogens is 1. The number of carboxylic acids is 1. The Morgan fingerprint density at radius 3 is 2.67 bits per heavy atom. The third kappa shape index (κ3) is 3.27. The summed E-state index contributed by atoms with van der Waals surface area (Å²) < 4.78 is 1.72. The SMILES string of the molecule is O=C(O)c1ccccc1/C=N\n1c(-c2ccc(Cl)cc2)n[nH]c1=S. The monoisotopic (exact) mass is 358 g/mol. The largest absolute Gasteiger partial charge is 0.478 e. The highest BCUT2D eigenvalue weighted by molar-refractivity contribution is 7.71. The van der Waals surface area contributed by atoms with E-state index in [9.17, 15) is 9.90 Å². The van der Waals surface area contributed by atoms with Crippen LogP contribution in [0.5, 0.6) is 0 Å². The number of nitrogens with one attached hydrogen (secondary N) is 1. The van der Waals surface area contributed by atoms with Gasteiger partial charge in [-0.25, -0.2) is 9.89 Å². The normalized spacial score (nSPS) is 11.0. The maximum absolute atomic E-state index is 11.3. The van der Waals surface area contributed by atoms with Gasteiger partial charge in [0.25, 0.3) is 0 Å². The Labute approximate surface area is 147 Å². The van der Waals surface area contributed by atoms with E-state index in [2.05, 4.69) is 15.3 Å². The van der Waals surface area contributed by atoms with Crippen LogP contribution < -0.4 is 0 Å². The number of hydrogen-bond donors (Lipinski definition) is 2. The van der Waals surface area contributed by atoms with Crippen LogP contribution in [0.4, 0.5) is 0 Å². The highest BCUT2D eigenvalue weighted by Gasteiger charge is 2.10. The number of aromatic carboxylic acids is 1. The molecule has 0 atom stereocenters. The fourth-order valence-corrected chi connectivity index (χ4v) is 2.41. The number of rotatable bonds is 4. The molecule has 6 nitrogen and oxygen atoms in total. The Balaban J connectivity index is 2.03. The number of aromatic amines is 1. The predicted octanol–water partition coefficient (Wildman–Crippen LogP) is 3.84. The minimum absolute atomic E-state index is 0.157. The van der Waals surface area contributed by atoms with E-state index in [1.807, 2.05) is 0 Å². The van der Waals surface area contributed by atoms with Crippen molar-refractivity contribution in [2.24, 2.45) is 5.10 Å². The van der Waals surface area contributed by atoms with Crippen LogP contribution in [-0.2, 0) is 0 Å². The molecular weight excluding hydrogens is 348 g/mol. The molecule has 0 fully saturated rings. The van der Waals surface area contributed by atoms with Gasteiger partial charge in [-0.05, 0) is 42.5 Å². The highest BCUT2D eigenvalue weighted by Crippen LogP contribution is 2.20. The molecule has 0 bridgehead atoms. The van der Waals surface area contributed by atoms with Gasteiger partial charge in [0.2, 0.25) is 4.77 Å². The zero-order chi connectivity index (χ0) is 17.1. The number of carboxylic acid groups (broad SMARTS) is 1. The van der Waals surface area contributed by atoms with Crippen LogP contribution in [0.1, 0.15) is 15.9 Å². The molecule has 0 saturated heterocycles. The summed E-state index contributed by atoms with van der Waals surface area (Å²) in [5, 5.41) is 20.9. The van der Waals surface area contributed by atoms with Crippen molar-refractivity contribution in [3.05, 3.63) is 69.5 Å². The van der Waals surface area contributed by atoms with Gasteiger partial charge >= 0.3 is 5.97 Å². The Bertz CT molecular complexity index is 976. The maximum atomic E-state index is 11.3. The maximum Gasteiger partial charge on any atom is 0.336 e. The second-order valence-corrected chi connectivity index (χ2v) is 5.63. The lowest BCUT2D eigenvalue weighted by atomic mass is 10.1. The molecule has 0 radical (unpaired) electrons. The minimum atomic E-state index is -1.02. The van der Waals surface area contributed by atoms with Gasteiger partial charge in [-0.3, -0.25) is 0 Å². The summed E-state index contributed by atoms with van der Waals surface area (Å²) >= 11 is 11.1. The second-order valence-electron chi connectivity index (χ2n) is 4.81. The van der Waals surface area contributed by atoms with E-state index < -0.39 is 5.97 Å². The quantitative estimate of drug-likeness (QED) is 0.548. The van der Waals surface area contributed by atoms with Crippen molar-refractivity contribution in [3.63, 3.8) is 0 Å². The first-order chi connectivity index (χ1) is 11.6. The van der Waals surface area contributed by atoms with E-state index in [0.29, 0.717) is 21.2 Å². The number of hydrogen-bond acceptors (Lipinski definition) is 4. The van der Waals surface area contributed by atoms with E-state index >= 15 is 0 Å². The molecule has 2 N–H and O–H groups in total. The zero-order valence-electron chi connectivity index (χ0n) is 12.2. The first kappa shape index (κ1) is 16.1. The molecule has 120 valence electrons. The molecule has 0 aliphatic carbocycles. The number of aromatic nitrogens is 3. The van der Waals surface area contributed by atoms with Gasteiger partial charge < -0.3 is 5.11 Å². The Kier molecular flexibility index (Phi) is 4.54. The molecule has 0 unspecified atom stereocenters. The Morgan fingerprint density at radius 1 is 1.25 bits per heavy atom. The minimum Gasteiger partial charge on any atom is -0.478 e. The van der Waals surface area contributed by atoms with Gasteiger partial charge in [0.15, 0.2) is 5.82 Å². The average molecular weight is 359 g/mol. The van der Waals surface area contributed by atoms with Gasteiger partial charge in [-0.2, -0.15) is 14.9 Å². The van der Waals surface area contributed by atoms with Crippen molar-refractivity contribution in [2.45, 2.75) is 0 Å². The lowest BCUT2D eigenvalue weighted by molar-refractivity contribution is 0.0697. The number of nitrogens with zero attached hydrogens (tertiary/aromatic N) is 3. The lowest BCUT2D eigenvalue weighted by Crippen LogP contribution is -2.02. The van der Waals surface area contributed by atoms with Gasteiger partial charge in [-0.1, -0.05) is 29.8 Å². The van der Waals surface area contributed by atoms with Crippen molar-refractivity contribution in [1.82, 2.24) is 14.9 Å². The summed E-state index contributed by atoms with van der Waals surface area (Å²) in [6, 6.07) is 13.6. The van der Waals surface area contributed by atoms with E-state index in [1.165, 1.54) is 17.0 Å². The molecule has 8 heteroatoms. The van der Waals surface area contributed by atoms with E-state index in [4.69, 9.17) is 23.8 Å². The average Bonchev–Trinajstić information content (AvgIpc) is 2.94. The second kappa shape index (κ2) is 6.77. The highest BCUT2D eigenvalue weighted by atomic mass is 35.5. The van der Waals surface area contributed by atoms with Gasteiger partial charge in [0.1, 0.15) is 0 Å². The molecule has 24 heavy (non-hydrogen) atoms. The summed E-state index contributed by atoms with van der Waals surface area (Å²) in [6.45, 7) is 0. The molecule has 1 heterocycles. The molecule has 2 aromatic carbocycles. The van der Waals surface area contributed by atoms with Gasteiger partial charge in [0.05, 0.1) is 11.8 Å². The first-order valence-corrected chi connectivity index (χ1v) is 7.65. The third-order valence-corrected chi connectivity index (χ3v) is 3.77. The van der Waals surface area contributed by atoms with Crippen molar-refractivity contribution < 1.29 is 9.90 Å². The smallest absolute Gasteiger partial charge is 0.336 e. The van der Waals surface area contributed by atoms with Crippen LogP contribution in [0, 0.1) is 4.77 Å². The van der Waals surface area contributed by atoms with Crippen LogP contribution in [0.2, 0.25) is 5.02 Å². The third-order valence-electron chi connectivity index (χ3n) is 3.26. The van der Waals surface area contributed by atoms with Crippen LogP contribution in [0.15, 0.2) is 53.6 Å². The molecule has 0 aliphatic heterocycles. The fraction of sp³-hybridized carbons (Fsp3) is 0. The zero-order valence-corrected chi connectivity index (χ0v) is 13.8. The molecule has 3 rings (SSSR count).